The van der Waals surface area contributed by atoms with Gasteiger partial charge in [-0.25, -0.2) is 9.59 Å². The Bertz CT molecular complexity index is 624. The van der Waals surface area contributed by atoms with Crippen LogP contribution >= 0.6 is 0 Å². The summed E-state index contributed by atoms with van der Waals surface area (Å²) in [6.07, 6.45) is -1.08. The Morgan fingerprint density at radius 1 is 0.821 bits per heavy atom. The lowest BCUT2D eigenvalue weighted by atomic mass is 10.1. The second-order valence-electron chi connectivity index (χ2n) is 6.24. The molecule has 2 aliphatic heterocycles. The highest BCUT2D eigenvalue weighted by molar-refractivity contribution is 5.70. The van der Waals surface area contributed by atoms with Crippen molar-refractivity contribution < 1.29 is 47.6 Å². The largest absolute Gasteiger partial charge is 0.514 e. The second kappa shape index (κ2) is 9.25. The number of esters is 2. The maximum Gasteiger partial charge on any atom is 0.514 e. The summed E-state index contributed by atoms with van der Waals surface area (Å²) in [6.45, 7) is 13.4. The van der Waals surface area contributed by atoms with Crippen LogP contribution in [-0.4, -0.2) is 48.7 Å². The van der Waals surface area contributed by atoms with Gasteiger partial charge >= 0.3 is 24.2 Å². The van der Waals surface area contributed by atoms with E-state index in [2.05, 4.69) is 22.6 Å². The predicted octanol–water partition coefficient (Wildman–Crippen LogP) is 2.76. The van der Waals surface area contributed by atoms with Crippen LogP contribution in [0.5, 0.6) is 0 Å². The van der Waals surface area contributed by atoms with Gasteiger partial charge in [-0.3, -0.25) is 9.59 Å². The molecule has 0 N–H and O–H groups in total. The first kappa shape index (κ1) is 23.0. The van der Waals surface area contributed by atoms with Crippen LogP contribution in [0.3, 0.4) is 0 Å². The molecule has 2 saturated heterocycles. The molecular weight excluding hydrogens is 376 g/mol. The summed E-state index contributed by atoms with van der Waals surface area (Å²) in [5, 5.41) is 0. The molecular formula is C18H24O10. The van der Waals surface area contributed by atoms with Crippen molar-refractivity contribution in [2.75, 3.05) is 13.2 Å². The summed E-state index contributed by atoms with van der Waals surface area (Å²) in [5.41, 5.74) is -2.11. The lowest BCUT2D eigenvalue weighted by Crippen LogP contribution is -2.33. The van der Waals surface area contributed by atoms with Crippen molar-refractivity contribution >= 4 is 24.2 Å². The third-order valence-corrected chi connectivity index (χ3v) is 3.80. The Balaban J connectivity index is 0.000000280. The van der Waals surface area contributed by atoms with Crippen molar-refractivity contribution in [1.82, 2.24) is 0 Å². The van der Waals surface area contributed by atoms with Crippen molar-refractivity contribution in [2.24, 2.45) is 0 Å². The van der Waals surface area contributed by atoms with Crippen molar-refractivity contribution in [1.29, 1.82) is 0 Å². The van der Waals surface area contributed by atoms with Gasteiger partial charge in [0.25, 0.3) is 0 Å². The number of carbonyl (C=O) groups is 4. The Labute approximate surface area is 162 Å². The quantitative estimate of drug-likeness (QED) is 0.485. The molecule has 2 heterocycles. The van der Waals surface area contributed by atoms with E-state index >= 15 is 0 Å². The zero-order chi connectivity index (χ0) is 21.5. The van der Waals surface area contributed by atoms with E-state index in [0.29, 0.717) is 0 Å². The van der Waals surface area contributed by atoms with E-state index in [1.165, 1.54) is 0 Å². The molecule has 10 heteroatoms. The van der Waals surface area contributed by atoms with Crippen molar-refractivity contribution in [3.63, 3.8) is 0 Å². The summed E-state index contributed by atoms with van der Waals surface area (Å²) in [6, 6.07) is 0. The Hall–Kier alpha value is -3.04. The molecule has 2 fully saturated rings. The first-order valence-electron chi connectivity index (χ1n) is 8.47. The molecule has 0 aliphatic carbocycles. The van der Waals surface area contributed by atoms with E-state index in [0.717, 1.165) is 0 Å². The van der Waals surface area contributed by atoms with Gasteiger partial charge in [-0.15, -0.1) is 0 Å². The minimum Gasteiger partial charge on any atom is -0.461 e. The number of hydrogen-bond acceptors (Lipinski definition) is 10. The molecule has 0 radical (unpaired) electrons. The van der Waals surface area contributed by atoms with Crippen LogP contribution in [-0.2, 0) is 38.0 Å². The van der Waals surface area contributed by atoms with Gasteiger partial charge in [0.2, 0.25) is 11.2 Å². The fraction of sp³-hybridized carbons (Fsp3) is 0.556. The Morgan fingerprint density at radius 3 is 1.36 bits per heavy atom. The van der Waals surface area contributed by atoms with Crippen LogP contribution < -0.4 is 0 Å². The van der Waals surface area contributed by atoms with E-state index in [1.54, 1.807) is 27.7 Å². The highest BCUT2D eigenvalue weighted by atomic mass is 16.8. The van der Waals surface area contributed by atoms with E-state index in [1.807, 2.05) is 0 Å². The zero-order valence-electron chi connectivity index (χ0n) is 16.3. The smallest absolute Gasteiger partial charge is 0.461 e. The summed E-state index contributed by atoms with van der Waals surface area (Å²) < 4.78 is 28.5. The average Bonchev–Trinajstić information content (AvgIpc) is 3.04. The molecule has 0 saturated carbocycles. The molecule has 28 heavy (non-hydrogen) atoms. The normalized spacial score (nSPS) is 25.6. The molecule has 2 aliphatic rings. The third kappa shape index (κ3) is 6.00. The van der Waals surface area contributed by atoms with Gasteiger partial charge in [0.15, 0.2) is 11.5 Å². The van der Waals surface area contributed by atoms with E-state index in [-0.39, 0.29) is 49.5 Å². The second-order valence-corrected chi connectivity index (χ2v) is 6.24. The minimum absolute atomic E-state index is 0.0652. The van der Waals surface area contributed by atoms with Crippen LogP contribution in [0.2, 0.25) is 0 Å². The van der Waals surface area contributed by atoms with Crippen molar-refractivity contribution in [2.45, 2.75) is 51.7 Å². The lowest BCUT2D eigenvalue weighted by molar-refractivity contribution is -0.148. The minimum atomic E-state index is -1.05. The van der Waals surface area contributed by atoms with Crippen LogP contribution in [0, 0.1) is 0 Å². The molecule has 10 nitrogen and oxygen atoms in total. The van der Waals surface area contributed by atoms with E-state index < -0.39 is 23.5 Å². The zero-order valence-corrected chi connectivity index (χ0v) is 16.3. The molecule has 0 bridgehead atoms. The molecule has 2 atom stereocenters. The van der Waals surface area contributed by atoms with Gasteiger partial charge in [-0.05, 0) is 13.8 Å². The SMILES string of the molecule is C=C1OC(=O)OC1(C)COC(=O)CC.C=C1OC(=O)OC1(C)COC(=O)CC. The number of hydrogen-bond donors (Lipinski definition) is 0. The van der Waals surface area contributed by atoms with Crippen LogP contribution in [0.4, 0.5) is 9.59 Å². The predicted molar refractivity (Wildman–Crippen MR) is 92.7 cm³/mol. The monoisotopic (exact) mass is 400 g/mol. The van der Waals surface area contributed by atoms with Crippen LogP contribution in [0.1, 0.15) is 40.5 Å². The summed E-state index contributed by atoms with van der Waals surface area (Å²) in [4.78, 5) is 43.2. The van der Waals surface area contributed by atoms with Gasteiger partial charge in [-0.2, -0.15) is 0 Å². The number of ether oxygens (including phenoxy) is 6. The van der Waals surface area contributed by atoms with Crippen molar-refractivity contribution in [3.05, 3.63) is 24.7 Å². The third-order valence-electron chi connectivity index (χ3n) is 3.80. The first-order chi connectivity index (χ1) is 13.0. The van der Waals surface area contributed by atoms with Gasteiger partial charge in [0.1, 0.15) is 13.2 Å². The molecule has 0 amide bonds. The average molecular weight is 400 g/mol. The van der Waals surface area contributed by atoms with Gasteiger partial charge in [0.05, 0.1) is 0 Å². The molecule has 0 aromatic rings. The fourth-order valence-electron chi connectivity index (χ4n) is 1.80. The molecule has 156 valence electrons. The molecule has 0 aromatic carbocycles. The summed E-state index contributed by atoms with van der Waals surface area (Å²) in [7, 11) is 0. The maximum atomic E-state index is 10.9. The maximum absolute atomic E-state index is 10.9. The number of cyclic esters (lactones) is 4. The lowest BCUT2D eigenvalue weighted by Gasteiger charge is -2.19. The summed E-state index contributed by atoms with van der Waals surface area (Å²) in [5.74, 6) is -0.401. The first-order valence-corrected chi connectivity index (χ1v) is 8.47. The van der Waals surface area contributed by atoms with Gasteiger partial charge < -0.3 is 28.4 Å². The highest BCUT2D eigenvalue weighted by Gasteiger charge is 2.44. The number of rotatable bonds is 6. The summed E-state index contributed by atoms with van der Waals surface area (Å²) >= 11 is 0. The van der Waals surface area contributed by atoms with E-state index in [4.69, 9.17) is 18.9 Å². The standard InChI is InChI=1S/2C9H12O5/c2*1-4-7(10)12-5-9(3)6(2)13-8(11)14-9/h2*2,4-5H2,1,3H3. The number of carbonyl (C=O) groups excluding carboxylic acids is 4. The van der Waals surface area contributed by atoms with Crippen molar-refractivity contribution in [3.8, 4) is 0 Å². The Kier molecular flexibility index (Phi) is 7.60. The molecule has 2 unspecified atom stereocenters. The van der Waals surface area contributed by atoms with Crippen LogP contribution in [0.15, 0.2) is 24.7 Å². The fourth-order valence-corrected chi connectivity index (χ4v) is 1.80. The topological polar surface area (TPSA) is 124 Å². The van der Waals surface area contributed by atoms with Crippen LogP contribution in [0.25, 0.3) is 0 Å². The Morgan fingerprint density at radius 2 is 1.14 bits per heavy atom. The van der Waals surface area contributed by atoms with E-state index in [9.17, 15) is 19.2 Å². The molecule has 2 rings (SSSR count). The molecule has 0 aromatic heterocycles. The highest BCUT2D eigenvalue weighted by Crippen LogP contribution is 2.30. The van der Waals surface area contributed by atoms with Gasteiger partial charge in [0, 0.05) is 12.8 Å². The van der Waals surface area contributed by atoms with Gasteiger partial charge in [-0.1, -0.05) is 27.0 Å². The molecule has 0 spiro atoms.